The number of hydrogen-bond donors (Lipinski definition) is 2. The molecule has 7 nitrogen and oxygen atoms in total. The van der Waals surface area contributed by atoms with Gasteiger partial charge in [-0.1, -0.05) is 34.1 Å². The Labute approximate surface area is 149 Å². The van der Waals surface area contributed by atoms with Crippen LogP contribution in [0.2, 0.25) is 0 Å². The fourth-order valence-electron chi connectivity index (χ4n) is 2.40. The third-order valence-corrected chi connectivity index (χ3v) is 6.29. The van der Waals surface area contributed by atoms with Crippen molar-refractivity contribution in [3.8, 4) is 0 Å². The largest absolute Gasteiger partial charge is 0.480 e. The first-order chi connectivity index (χ1) is 11.7. The third-order valence-electron chi connectivity index (χ3n) is 4.23. The first-order valence-electron chi connectivity index (χ1n) is 8.32. The second-order valence-corrected chi connectivity index (χ2v) is 7.73. The molecule has 25 heavy (non-hydrogen) atoms. The van der Waals surface area contributed by atoms with Crippen molar-refractivity contribution >= 4 is 21.9 Å². The van der Waals surface area contributed by atoms with Crippen molar-refractivity contribution in [2.45, 2.75) is 45.1 Å². The predicted octanol–water partition coefficient (Wildman–Crippen LogP) is 1.95. The third kappa shape index (κ3) is 5.02. The van der Waals surface area contributed by atoms with Gasteiger partial charge < -0.3 is 10.4 Å². The van der Waals surface area contributed by atoms with Crippen LogP contribution in [0.15, 0.2) is 29.2 Å². The highest BCUT2D eigenvalue weighted by Crippen LogP contribution is 2.17. The first kappa shape index (κ1) is 21.1. The number of carboxylic acids is 1. The molecule has 1 aromatic carbocycles. The van der Waals surface area contributed by atoms with E-state index in [1.807, 2.05) is 6.92 Å². The number of carboxylic acid groups (broad SMARTS) is 1. The lowest BCUT2D eigenvalue weighted by Crippen LogP contribution is -2.45. The van der Waals surface area contributed by atoms with Crippen LogP contribution in [0.3, 0.4) is 0 Å². The number of hydrogen-bond acceptors (Lipinski definition) is 4. The molecule has 0 bridgehead atoms. The molecule has 1 amide bonds. The van der Waals surface area contributed by atoms with Gasteiger partial charge in [0.25, 0.3) is 5.91 Å². The number of nitrogens with one attached hydrogen (secondary N) is 1. The van der Waals surface area contributed by atoms with E-state index in [0.717, 1.165) is 0 Å². The maximum absolute atomic E-state index is 12.4. The molecule has 0 aliphatic heterocycles. The van der Waals surface area contributed by atoms with Crippen LogP contribution in [0.1, 0.15) is 44.5 Å². The number of carbonyl (C=O) groups is 2. The molecule has 0 aromatic heterocycles. The van der Waals surface area contributed by atoms with E-state index in [1.54, 1.807) is 20.8 Å². The molecule has 0 spiro atoms. The van der Waals surface area contributed by atoms with Gasteiger partial charge in [0.1, 0.15) is 6.04 Å². The lowest BCUT2D eigenvalue weighted by Gasteiger charge is -2.20. The van der Waals surface area contributed by atoms with Gasteiger partial charge in [-0.3, -0.25) is 4.79 Å². The van der Waals surface area contributed by atoms with Crippen LogP contribution < -0.4 is 5.32 Å². The van der Waals surface area contributed by atoms with E-state index in [-0.39, 0.29) is 16.4 Å². The zero-order valence-electron chi connectivity index (χ0n) is 15.0. The molecular weight excluding hydrogens is 344 g/mol. The van der Waals surface area contributed by atoms with Gasteiger partial charge in [-0.05, 0) is 30.2 Å². The standard InChI is InChI=1S/C17H26N2O5S/c1-5-12(4)15(17(21)22)18-16(20)13-8-10-14(11-9-13)25(23,24)19(6-2)7-3/h8-12,15H,5-7H2,1-4H3,(H,18,20)(H,21,22)/t12-,15-/m0/s1. The lowest BCUT2D eigenvalue weighted by atomic mass is 9.99. The minimum Gasteiger partial charge on any atom is -0.480 e. The van der Waals surface area contributed by atoms with Gasteiger partial charge >= 0.3 is 5.97 Å². The summed E-state index contributed by atoms with van der Waals surface area (Å²) in [7, 11) is -3.59. The first-order valence-corrected chi connectivity index (χ1v) is 9.76. The Balaban J connectivity index is 2.99. The van der Waals surface area contributed by atoms with E-state index >= 15 is 0 Å². The van der Waals surface area contributed by atoms with Crippen molar-refractivity contribution in [3.63, 3.8) is 0 Å². The summed E-state index contributed by atoms with van der Waals surface area (Å²) < 4.78 is 26.2. The number of benzene rings is 1. The minimum absolute atomic E-state index is 0.101. The maximum Gasteiger partial charge on any atom is 0.326 e. The summed E-state index contributed by atoms with van der Waals surface area (Å²) in [6.45, 7) is 7.82. The number of carbonyl (C=O) groups excluding carboxylic acids is 1. The highest BCUT2D eigenvalue weighted by atomic mass is 32.2. The van der Waals surface area contributed by atoms with E-state index in [9.17, 15) is 23.1 Å². The Morgan fingerprint density at radius 3 is 2.04 bits per heavy atom. The quantitative estimate of drug-likeness (QED) is 0.691. The fraction of sp³-hybridized carbons (Fsp3) is 0.529. The van der Waals surface area contributed by atoms with Crippen molar-refractivity contribution in [2.75, 3.05) is 13.1 Å². The van der Waals surface area contributed by atoms with Crippen LogP contribution >= 0.6 is 0 Å². The molecule has 1 rings (SSSR count). The van der Waals surface area contributed by atoms with Crippen molar-refractivity contribution < 1.29 is 23.1 Å². The van der Waals surface area contributed by atoms with Crippen molar-refractivity contribution in [3.05, 3.63) is 29.8 Å². The van der Waals surface area contributed by atoms with Gasteiger partial charge in [0.15, 0.2) is 0 Å². The number of rotatable bonds is 9. The second kappa shape index (κ2) is 8.96. The summed E-state index contributed by atoms with van der Waals surface area (Å²) in [5.41, 5.74) is 0.216. The summed E-state index contributed by atoms with van der Waals surface area (Å²) >= 11 is 0. The Hall–Kier alpha value is -1.93. The molecule has 0 unspecified atom stereocenters. The predicted molar refractivity (Wildman–Crippen MR) is 94.9 cm³/mol. The Morgan fingerprint density at radius 2 is 1.64 bits per heavy atom. The van der Waals surface area contributed by atoms with E-state index in [2.05, 4.69) is 5.32 Å². The number of amides is 1. The van der Waals surface area contributed by atoms with Crippen LogP contribution in [0.5, 0.6) is 0 Å². The van der Waals surface area contributed by atoms with E-state index in [4.69, 9.17) is 0 Å². The Kier molecular flexibility index (Phi) is 7.57. The van der Waals surface area contributed by atoms with Gasteiger partial charge in [0, 0.05) is 18.7 Å². The monoisotopic (exact) mass is 370 g/mol. The summed E-state index contributed by atoms with van der Waals surface area (Å²) in [5, 5.41) is 11.7. The SMILES string of the molecule is CC[C@H](C)[C@H](NC(=O)c1ccc(S(=O)(=O)N(CC)CC)cc1)C(=O)O. The Bertz CT molecular complexity index is 696. The number of aliphatic carboxylic acids is 1. The van der Waals surface area contributed by atoms with E-state index < -0.39 is 27.9 Å². The molecule has 0 saturated heterocycles. The average molecular weight is 370 g/mol. The van der Waals surface area contributed by atoms with Gasteiger partial charge in [-0.2, -0.15) is 4.31 Å². The normalized spacial score (nSPS) is 14.1. The fourth-order valence-corrected chi connectivity index (χ4v) is 3.86. The zero-order chi connectivity index (χ0) is 19.2. The van der Waals surface area contributed by atoms with Gasteiger partial charge in [-0.25, -0.2) is 13.2 Å². The number of sulfonamides is 1. The molecule has 1 aromatic rings. The molecule has 0 fully saturated rings. The van der Waals surface area contributed by atoms with Gasteiger partial charge in [0.05, 0.1) is 4.90 Å². The Morgan fingerprint density at radius 1 is 1.12 bits per heavy atom. The summed E-state index contributed by atoms with van der Waals surface area (Å²) in [5.74, 6) is -1.85. The average Bonchev–Trinajstić information content (AvgIpc) is 2.59. The molecular formula is C17H26N2O5S. The molecule has 0 heterocycles. The highest BCUT2D eigenvalue weighted by molar-refractivity contribution is 7.89. The number of nitrogens with zero attached hydrogens (tertiary/aromatic N) is 1. The van der Waals surface area contributed by atoms with E-state index in [0.29, 0.717) is 19.5 Å². The highest BCUT2D eigenvalue weighted by Gasteiger charge is 2.26. The van der Waals surface area contributed by atoms with Crippen LogP contribution in [0.25, 0.3) is 0 Å². The summed E-state index contributed by atoms with van der Waals surface area (Å²) in [6.07, 6.45) is 0.609. The molecule has 2 N–H and O–H groups in total. The van der Waals surface area contributed by atoms with E-state index in [1.165, 1.54) is 28.6 Å². The van der Waals surface area contributed by atoms with Crippen LogP contribution in [0, 0.1) is 5.92 Å². The zero-order valence-corrected chi connectivity index (χ0v) is 15.8. The molecule has 2 atom stereocenters. The molecule has 0 saturated carbocycles. The van der Waals surface area contributed by atoms with Crippen molar-refractivity contribution in [1.82, 2.24) is 9.62 Å². The molecule has 8 heteroatoms. The molecule has 0 radical (unpaired) electrons. The van der Waals surface area contributed by atoms with Crippen molar-refractivity contribution in [2.24, 2.45) is 5.92 Å². The summed E-state index contributed by atoms with van der Waals surface area (Å²) in [6, 6.07) is 4.52. The molecule has 140 valence electrons. The van der Waals surface area contributed by atoms with Gasteiger partial charge in [0.2, 0.25) is 10.0 Å². The smallest absolute Gasteiger partial charge is 0.326 e. The molecule has 0 aliphatic carbocycles. The van der Waals surface area contributed by atoms with Gasteiger partial charge in [-0.15, -0.1) is 0 Å². The maximum atomic E-state index is 12.4. The minimum atomic E-state index is -3.59. The van der Waals surface area contributed by atoms with Crippen LogP contribution in [0.4, 0.5) is 0 Å². The van der Waals surface area contributed by atoms with Crippen LogP contribution in [-0.2, 0) is 14.8 Å². The second-order valence-electron chi connectivity index (χ2n) is 5.79. The lowest BCUT2D eigenvalue weighted by molar-refractivity contribution is -0.140. The van der Waals surface area contributed by atoms with Crippen LogP contribution in [-0.4, -0.2) is 48.8 Å². The van der Waals surface area contributed by atoms with Crippen molar-refractivity contribution in [1.29, 1.82) is 0 Å². The molecule has 0 aliphatic rings. The summed E-state index contributed by atoms with van der Waals surface area (Å²) in [4.78, 5) is 23.6. The topological polar surface area (TPSA) is 104 Å².